The maximum absolute atomic E-state index is 12.4. The van der Waals surface area contributed by atoms with Gasteiger partial charge in [0.05, 0.1) is 5.69 Å². The number of aromatic nitrogens is 1. The Morgan fingerprint density at radius 3 is 2.80 bits per heavy atom. The van der Waals surface area contributed by atoms with Gasteiger partial charge in [-0.2, -0.15) is 0 Å². The van der Waals surface area contributed by atoms with E-state index in [0.29, 0.717) is 11.1 Å². The molecule has 104 valence electrons. The standard InChI is InChI=1S/C15H14ClIN2O/c16-10-6-7-13(12(17)9-10)18-15(20)14-5-2-8-19(14)11-3-1-4-11/h2,5-9,11H,1,3-4H2,(H,18,20). The fraction of sp³-hybridized carbons (Fsp3) is 0.267. The van der Waals surface area contributed by atoms with Crippen LogP contribution in [0.5, 0.6) is 0 Å². The van der Waals surface area contributed by atoms with E-state index in [4.69, 9.17) is 11.6 Å². The molecule has 1 aromatic carbocycles. The van der Waals surface area contributed by atoms with Crippen molar-refractivity contribution in [2.45, 2.75) is 25.3 Å². The zero-order valence-corrected chi connectivity index (χ0v) is 13.7. The van der Waals surface area contributed by atoms with E-state index in [0.717, 1.165) is 27.8 Å². The number of hydrogen-bond donors (Lipinski definition) is 1. The number of anilines is 1. The summed E-state index contributed by atoms with van der Waals surface area (Å²) < 4.78 is 3.02. The second-order valence-electron chi connectivity index (χ2n) is 4.96. The molecule has 0 aliphatic heterocycles. The molecule has 5 heteroatoms. The fourth-order valence-corrected chi connectivity index (χ4v) is 3.35. The molecule has 1 saturated carbocycles. The molecule has 1 aromatic heterocycles. The summed E-state index contributed by atoms with van der Waals surface area (Å²) in [6, 6.07) is 9.73. The summed E-state index contributed by atoms with van der Waals surface area (Å²) in [5.74, 6) is -0.0675. The van der Waals surface area contributed by atoms with E-state index >= 15 is 0 Å². The van der Waals surface area contributed by atoms with Gasteiger partial charge in [-0.1, -0.05) is 11.6 Å². The quantitative estimate of drug-likeness (QED) is 0.743. The minimum atomic E-state index is -0.0675. The van der Waals surface area contributed by atoms with Crippen LogP contribution in [0.4, 0.5) is 5.69 Å². The number of carbonyl (C=O) groups excluding carboxylic acids is 1. The van der Waals surface area contributed by atoms with Gasteiger partial charge in [-0.25, -0.2) is 0 Å². The summed E-state index contributed by atoms with van der Waals surface area (Å²) in [6.07, 6.45) is 5.56. The van der Waals surface area contributed by atoms with Gasteiger partial charge in [0.15, 0.2) is 0 Å². The number of rotatable bonds is 3. The second kappa shape index (κ2) is 5.77. The highest BCUT2D eigenvalue weighted by molar-refractivity contribution is 14.1. The molecular formula is C15H14ClIN2O. The molecule has 1 amide bonds. The van der Waals surface area contributed by atoms with Gasteiger partial charge in [0.2, 0.25) is 0 Å². The number of nitrogens with one attached hydrogen (secondary N) is 1. The van der Waals surface area contributed by atoms with Crippen molar-refractivity contribution >= 4 is 45.8 Å². The zero-order chi connectivity index (χ0) is 14.1. The van der Waals surface area contributed by atoms with Gasteiger partial charge in [0, 0.05) is 20.8 Å². The van der Waals surface area contributed by atoms with E-state index in [9.17, 15) is 4.79 Å². The summed E-state index contributed by atoms with van der Waals surface area (Å²) >= 11 is 8.10. The van der Waals surface area contributed by atoms with Crippen molar-refractivity contribution < 1.29 is 4.79 Å². The highest BCUT2D eigenvalue weighted by Crippen LogP contribution is 2.33. The van der Waals surface area contributed by atoms with Crippen molar-refractivity contribution in [2.24, 2.45) is 0 Å². The summed E-state index contributed by atoms with van der Waals surface area (Å²) in [5.41, 5.74) is 1.52. The predicted octanol–water partition coefficient (Wildman–Crippen LogP) is 4.72. The van der Waals surface area contributed by atoms with Crippen LogP contribution < -0.4 is 5.32 Å². The molecule has 20 heavy (non-hydrogen) atoms. The van der Waals surface area contributed by atoms with E-state index in [1.165, 1.54) is 6.42 Å². The molecule has 0 bridgehead atoms. The Morgan fingerprint density at radius 2 is 2.15 bits per heavy atom. The largest absolute Gasteiger partial charge is 0.340 e. The molecule has 1 aliphatic rings. The van der Waals surface area contributed by atoms with E-state index in [1.807, 2.05) is 30.5 Å². The molecule has 3 nitrogen and oxygen atoms in total. The fourth-order valence-electron chi connectivity index (χ4n) is 2.35. The Labute approximate surface area is 136 Å². The summed E-state index contributed by atoms with van der Waals surface area (Å²) in [6.45, 7) is 0. The SMILES string of the molecule is O=C(Nc1ccc(Cl)cc1I)c1cccn1C1CCC1. The molecular weight excluding hydrogens is 387 g/mol. The Kier molecular flexibility index (Phi) is 4.03. The van der Waals surface area contributed by atoms with E-state index in [-0.39, 0.29) is 5.91 Å². The van der Waals surface area contributed by atoms with Crippen LogP contribution in [-0.4, -0.2) is 10.5 Å². The highest BCUT2D eigenvalue weighted by Gasteiger charge is 2.23. The van der Waals surface area contributed by atoms with E-state index in [1.54, 1.807) is 6.07 Å². The van der Waals surface area contributed by atoms with Crippen LogP contribution in [-0.2, 0) is 0 Å². The number of nitrogens with zero attached hydrogens (tertiary/aromatic N) is 1. The van der Waals surface area contributed by atoms with Crippen LogP contribution in [0.15, 0.2) is 36.5 Å². The average Bonchev–Trinajstić information content (AvgIpc) is 2.79. The summed E-state index contributed by atoms with van der Waals surface area (Å²) in [7, 11) is 0. The smallest absolute Gasteiger partial charge is 0.272 e. The molecule has 1 N–H and O–H groups in total. The molecule has 0 unspecified atom stereocenters. The van der Waals surface area contributed by atoms with Crippen LogP contribution in [0, 0.1) is 3.57 Å². The first kappa shape index (κ1) is 13.9. The van der Waals surface area contributed by atoms with Gasteiger partial charge in [0.1, 0.15) is 5.69 Å². The van der Waals surface area contributed by atoms with Gasteiger partial charge >= 0.3 is 0 Å². The maximum atomic E-state index is 12.4. The number of benzene rings is 1. The number of halogens is 2. The second-order valence-corrected chi connectivity index (χ2v) is 6.56. The zero-order valence-electron chi connectivity index (χ0n) is 10.8. The van der Waals surface area contributed by atoms with Crippen LogP contribution >= 0.6 is 34.2 Å². The average molecular weight is 401 g/mol. The monoisotopic (exact) mass is 400 g/mol. The first-order valence-corrected chi connectivity index (χ1v) is 8.04. The van der Waals surface area contributed by atoms with Crippen molar-refractivity contribution in [1.82, 2.24) is 4.57 Å². The Balaban J connectivity index is 1.81. The van der Waals surface area contributed by atoms with Crippen LogP contribution in [0.25, 0.3) is 0 Å². The highest BCUT2D eigenvalue weighted by atomic mass is 127. The maximum Gasteiger partial charge on any atom is 0.272 e. The molecule has 0 radical (unpaired) electrons. The van der Waals surface area contributed by atoms with Crippen LogP contribution in [0.2, 0.25) is 5.02 Å². The topological polar surface area (TPSA) is 34.0 Å². The molecule has 1 aliphatic carbocycles. The van der Waals surface area contributed by atoms with Gasteiger partial charge in [-0.15, -0.1) is 0 Å². The Hall–Kier alpha value is -1.01. The summed E-state index contributed by atoms with van der Waals surface area (Å²) in [5, 5.41) is 3.63. The predicted molar refractivity (Wildman–Crippen MR) is 89.4 cm³/mol. The minimum absolute atomic E-state index is 0.0675. The van der Waals surface area contributed by atoms with E-state index in [2.05, 4.69) is 32.5 Å². The molecule has 0 saturated heterocycles. The Morgan fingerprint density at radius 1 is 1.35 bits per heavy atom. The molecule has 0 spiro atoms. The van der Waals surface area contributed by atoms with Crippen molar-refractivity contribution in [1.29, 1.82) is 0 Å². The minimum Gasteiger partial charge on any atom is -0.340 e. The lowest BCUT2D eigenvalue weighted by atomic mass is 9.93. The van der Waals surface area contributed by atoms with Gasteiger partial charge in [-0.3, -0.25) is 4.79 Å². The van der Waals surface area contributed by atoms with Crippen molar-refractivity contribution in [3.63, 3.8) is 0 Å². The number of carbonyl (C=O) groups is 1. The van der Waals surface area contributed by atoms with Gasteiger partial charge in [0.25, 0.3) is 5.91 Å². The molecule has 1 fully saturated rings. The van der Waals surface area contributed by atoms with Crippen molar-refractivity contribution in [3.05, 3.63) is 50.8 Å². The van der Waals surface area contributed by atoms with E-state index < -0.39 is 0 Å². The third kappa shape index (κ3) is 2.72. The van der Waals surface area contributed by atoms with Crippen molar-refractivity contribution in [3.8, 4) is 0 Å². The molecule has 1 heterocycles. The third-order valence-corrected chi connectivity index (χ3v) is 4.79. The van der Waals surface area contributed by atoms with Gasteiger partial charge < -0.3 is 9.88 Å². The summed E-state index contributed by atoms with van der Waals surface area (Å²) in [4.78, 5) is 12.4. The molecule has 0 atom stereocenters. The number of amides is 1. The lowest BCUT2D eigenvalue weighted by Gasteiger charge is -2.28. The molecule has 2 aromatic rings. The van der Waals surface area contributed by atoms with Crippen LogP contribution in [0.1, 0.15) is 35.8 Å². The van der Waals surface area contributed by atoms with Gasteiger partial charge in [-0.05, 0) is 72.2 Å². The lowest BCUT2D eigenvalue weighted by molar-refractivity contribution is 0.101. The normalized spacial score (nSPS) is 14.9. The Bertz CT molecular complexity index is 649. The first-order chi connectivity index (χ1) is 9.65. The molecule has 3 rings (SSSR count). The van der Waals surface area contributed by atoms with Crippen molar-refractivity contribution in [2.75, 3.05) is 5.32 Å². The number of hydrogen-bond acceptors (Lipinski definition) is 1. The lowest BCUT2D eigenvalue weighted by Crippen LogP contribution is -2.23. The third-order valence-electron chi connectivity index (χ3n) is 3.66. The van der Waals surface area contributed by atoms with Crippen LogP contribution in [0.3, 0.4) is 0 Å². The first-order valence-electron chi connectivity index (χ1n) is 6.58.